The van der Waals surface area contributed by atoms with Crippen LogP contribution in [0.5, 0.6) is 0 Å². The smallest absolute Gasteiger partial charge is 0.228 e. The summed E-state index contributed by atoms with van der Waals surface area (Å²) in [5.41, 5.74) is 0.580. The second-order valence-corrected chi connectivity index (χ2v) is 8.02. The molecule has 0 radical (unpaired) electrons. The minimum absolute atomic E-state index is 0.0699. The standard InChI is InChI=1S/C20H28FN3O2/c1-13(2)10-24-11-14(9-15(12-24)20(26)23-18-7-8-18)19(25)22-17-5-3-16(21)4-6-17/h3-6,13-15,18H,7-12H2,1-2H3,(H,22,25)(H,23,26)/t14-,15+/m1/s1. The number of piperidine rings is 1. The third kappa shape index (κ3) is 5.27. The molecule has 1 aliphatic carbocycles. The fourth-order valence-corrected chi connectivity index (χ4v) is 3.56. The number of anilines is 1. The number of nitrogens with one attached hydrogen (secondary N) is 2. The number of nitrogens with zero attached hydrogens (tertiary/aromatic N) is 1. The molecule has 2 fully saturated rings. The van der Waals surface area contributed by atoms with Crippen LogP contribution < -0.4 is 10.6 Å². The van der Waals surface area contributed by atoms with Gasteiger partial charge >= 0.3 is 0 Å². The van der Waals surface area contributed by atoms with Gasteiger partial charge < -0.3 is 15.5 Å². The average molecular weight is 361 g/mol. The summed E-state index contributed by atoms with van der Waals surface area (Å²) >= 11 is 0. The second kappa shape index (κ2) is 8.16. The van der Waals surface area contributed by atoms with E-state index >= 15 is 0 Å². The summed E-state index contributed by atoms with van der Waals surface area (Å²) in [5, 5.41) is 5.94. The molecule has 1 aliphatic heterocycles. The molecule has 1 saturated heterocycles. The van der Waals surface area contributed by atoms with Crippen LogP contribution in [0.4, 0.5) is 10.1 Å². The molecular formula is C20H28FN3O2. The Morgan fingerprint density at radius 2 is 1.73 bits per heavy atom. The molecule has 6 heteroatoms. The zero-order valence-electron chi connectivity index (χ0n) is 15.5. The molecule has 0 bridgehead atoms. The van der Waals surface area contributed by atoms with Gasteiger partial charge in [0.1, 0.15) is 5.82 Å². The van der Waals surface area contributed by atoms with Gasteiger partial charge in [-0.3, -0.25) is 9.59 Å². The molecular weight excluding hydrogens is 333 g/mol. The van der Waals surface area contributed by atoms with Crippen LogP contribution in [0.15, 0.2) is 24.3 Å². The van der Waals surface area contributed by atoms with Crippen molar-refractivity contribution in [3.8, 4) is 0 Å². The van der Waals surface area contributed by atoms with Gasteiger partial charge in [0.25, 0.3) is 0 Å². The van der Waals surface area contributed by atoms with Crippen molar-refractivity contribution in [1.29, 1.82) is 0 Å². The summed E-state index contributed by atoms with van der Waals surface area (Å²) in [5.74, 6) is -0.300. The lowest BCUT2D eigenvalue weighted by Gasteiger charge is -2.37. The minimum atomic E-state index is -0.333. The molecule has 2 aliphatic rings. The van der Waals surface area contributed by atoms with Crippen molar-refractivity contribution >= 4 is 17.5 Å². The van der Waals surface area contributed by atoms with E-state index in [2.05, 4.69) is 29.4 Å². The first-order valence-electron chi connectivity index (χ1n) is 9.50. The quantitative estimate of drug-likeness (QED) is 0.819. The van der Waals surface area contributed by atoms with Gasteiger partial charge in [-0.1, -0.05) is 13.8 Å². The van der Waals surface area contributed by atoms with Crippen LogP contribution in [0.25, 0.3) is 0 Å². The molecule has 3 rings (SSSR count). The topological polar surface area (TPSA) is 61.4 Å². The Labute approximate surface area is 154 Å². The van der Waals surface area contributed by atoms with Crippen molar-refractivity contribution in [1.82, 2.24) is 10.2 Å². The van der Waals surface area contributed by atoms with Crippen molar-refractivity contribution in [2.24, 2.45) is 17.8 Å². The maximum Gasteiger partial charge on any atom is 0.228 e. The van der Waals surface area contributed by atoms with Crippen LogP contribution in [0.1, 0.15) is 33.1 Å². The van der Waals surface area contributed by atoms with E-state index in [0.29, 0.717) is 37.2 Å². The van der Waals surface area contributed by atoms with Crippen molar-refractivity contribution < 1.29 is 14.0 Å². The van der Waals surface area contributed by atoms with Gasteiger partial charge in [-0.2, -0.15) is 0 Å². The summed E-state index contributed by atoms with van der Waals surface area (Å²) in [7, 11) is 0. The Morgan fingerprint density at radius 1 is 1.12 bits per heavy atom. The van der Waals surface area contributed by atoms with E-state index in [4.69, 9.17) is 0 Å². The zero-order valence-corrected chi connectivity index (χ0v) is 15.5. The van der Waals surface area contributed by atoms with Crippen LogP contribution in [-0.2, 0) is 9.59 Å². The maximum atomic E-state index is 13.0. The van der Waals surface area contributed by atoms with Gasteiger partial charge in [-0.15, -0.1) is 0 Å². The molecule has 26 heavy (non-hydrogen) atoms. The molecule has 1 heterocycles. The molecule has 142 valence electrons. The fourth-order valence-electron chi connectivity index (χ4n) is 3.56. The Bertz CT molecular complexity index is 643. The van der Waals surface area contributed by atoms with E-state index in [1.807, 2.05) is 0 Å². The molecule has 5 nitrogen and oxygen atoms in total. The number of likely N-dealkylation sites (tertiary alicyclic amines) is 1. The summed E-state index contributed by atoms with van der Waals surface area (Å²) in [6, 6.07) is 6.09. The van der Waals surface area contributed by atoms with E-state index < -0.39 is 0 Å². The number of halogens is 1. The van der Waals surface area contributed by atoms with Gasteiger partial charge in [0.15, 0.2) is 0 Å². The Balaban J connectivity index is 1.65. The highest BCUT2D eigenvalue weighted by Gasteiger charge is 2.36. The maximum absolute atomic E-state index is 13.0. The molecule has 0 spiro atoms. The first kappa shape index (κ1) is 18.8. The minimum Gasteiger partial charge on any atom is -0.353 e. The first-order chi connectivity index (χ1) is 12.4. The van der Waals surface area contributed by atoms with Crippen molar-refractivity contribution in [3.63, 3.8) is 0 Å². The van der Waals surface area contributed by atoms with E-state index in [0.717, 1.165) is 19.4 Å². The lowest BCUT2D eigenvalue weighted by atomic mass is 9.87. The highest BCUT2D eigenvalue weighted by Crippen LogP contribution is 2.26. The van der Waals surface area contributed by atoms with E-state index in [-0.39, 0.29) is 29.5 Å². The molecule has 0 aromatic heterocycles. The summed E-state index contributed by atoms with van der Waals surface area (Å²) < 4.78 is 13.0. The van der Waals surface area contributed by atoms with Crippen LogP contribution >= 0.6 is 0 Å². The van der Waals surface area contributed by atoms with E-state index in [1.54, 1.807) is 12.1 Å². The van der Waals surface area contributed by atoms with Crippen LogP contribution in [0.2, 0.25) is 0 Å². The van der Waals surface area contributed by atoms with Gasteiger partial charge in [0.05, 0.1) is 11.8 Å². The number of carbonyl (C=O) groups excluding carboxylic acids is 2. The van der Waals surface area contributed by atoms with Crippen molar-refractivity contribution in [2.75, 3.05) is 25.0 Å². The largest absolute Gasteiger partial charge is 0.353 e. The summed E-state index contributed by atoms with van der Waals surface area (Å²) in [4.78, 5) is 27.5. The number of rotatable bonds is 6. The monoisotopic (exact) mass is 361 g/mol. The lowest BCUT2D eigenvalue weighted by Crippen LogP contribution is -2.50. The second-order valence-electron chi connectivity index (χ2n) is 8.02. The summed E-state index contributed by atoms with van der Waals surface area (Å²) in [6.45, 7) is 6.51. The Hall–Kier alpha value is -1.95. The normalized spacial score (nSPS) is 23.7. The van der Waals surface area contributed by atoms with E-state index in [9.17, 15) is 14.0 Å². The average Bonchev–Trinajstić information content (AvgIpc) is 3.40. The number of carbonyl (C=O) groups is 2. The number of hydrogen-bond donors (Lipinski definition) is 2. The SMILES string of the molecule is CC(C)CN1C[C@H](C(=O)Nc2ccc(F)cc2)C[C@H](C(=O)NC2CC2)C1. The number of amides is 2. The third-order valence-electron chi connectivity index (χ3n) is 4.93. The Morgan fingerprint density at radius 3 is 2.31 bits per heavy atom. The predicted octanol–water partition coefficient (Wildman–Crippen LogP) is 2.64. The molecule has 1 aromatic rings. The van der Waals surface area contributed by atoms with Crippen molar-refractivity contribution in [3.05, 3.63) is 30.1 Å². The first-order valence-corrected chi connectivity index (χ1v) is 9.50. The molecule has 1 aromatic carbocycles. The molecule has 2 N–H and O–H groups in total. The zero-order chi connectivity index (χ0) is 18.7. The van der Waals surface area contributed by atoms with Gasteiger partial charge in [0.2, 0.25) is 11.8 Å². The fraction of sp³-hybridized carbons (Fsp3) is 0.600. The van der Waals surface area contributed by atoms with Crippen LogP contribution in [-0.4, -0.2) is 42.4 Å². The Kier molecular flexibility index (Phi) is 5.91. The number of benzene rings is 1. The summed E-state index contributed by atoms with van der Waals surface area (Å²) in [6.07, 6.45) is 2.67. The molecule has 2 atom stereocenters. The van der Waals surface area contributed by atoms with Gasteiger partial charge in [-0.05, 0) is 49.4 Å². The van der Waals surface area contributed by atoms with Crippen molar-refractivity contribution in [2.45, 2.75) is 39.2 Å². The molecule has 2 amide bonds. The number of hydrogen-bond acceptors (Lipinski definition) is 3. The third-order valence-corrected chi connectivity index (χ3v) is 4.93. The molecule has 1 saturated carbocycles. The van der Waals surface area contributed by atoms with Crippen LogP contribution in [0, 0.1) is 23.6 Å². The van der Waals surface area contributed by atoms with Gasteiger partial charge in [-0.25, -0.2) is 4.39 Å². The van der Waals surface area contributed by atoms with Gasteiger partial charge in [0, 0.05) is 31.4 Å². The highest BCUT2D eigenvalue weighted by atomic mass is 19.1. The highest BCUT2D eigenvalue weighted by molar-refractivity contribution is 5.93. The lowest BCUT2D eigenvalue weighted by molar-refractivity contribution is -0.130. The van der Waals surface area contributed by atoms with Crippen LogP contribution in [0.3, 0.4) is 0 Å². The molecule has 0 unspecified atom stereocenters. The predicted molar refractivity (Wildman–Crippen MR) is 99.1 cm³/mol. The van der Waals surface area contributed by atoms with E-state index in [1.165, 1.54) is 12.1 Å².